The molecule has 0 saturated heterocycles. The van der Waals surface area contributed by atoms with E-state index >= 15 is 0 Å². The zero-order valence-electron chi connectivity index (χ0n) is 15.5. The molecule has 0 atom stereocenters. The van der Waals surface area contributed by atoms with Crippen LogP contribution in [0, 0.1) is 13.8 Å². The van der Waals surface area contributed by atoms with E-state index in [0.717, 1.165) is 32.2 Å². The molecule has 7 heteroatoms. The fourth-order valence-electron chi connectivity index (χ4n) is 3.03. The molecule has 2 heterocycles. The van der Waals surface area contributed by atoms with Crippen molar-refractivity contribution in [2.45, 2.75) is 20.4 Å². The van der Waals surface area contributed by atoms with Crippen LogP contribution in [-0.4, -0.2) is 25.7 Å². The minimum atomic E-state index is -0.248. The van der Waals surface area contributed by atoms with Gasteiger partial charge in [0.25, 0.3) is 5.91 Å². The minimum Gasteiger partial charge on any atom is -0.289 e. The average Bonchev–Trinajstić information content (AvgIpc) is 3.10. The summed E-state index contributed by atoms with van der Waals surface area (Å²) in [5.41, 5.74) is 4.32. The molecule has 4 rings (SSSR count). The van der Waals surface area contributed by atoms with E-state index in [-0.39, 0.29) is 11.9 Å². The first kappa shape index (κ1) is 18.3. The zero-order chi connectivity index (χ0) is 19.7. The first-order valence-corrected chi connectivity index (χ1v) is 9.60. The van der Waals surface area contributed by atoms with Crippen molar-refractivity contribution in [3.8, 4) is 0 Å². The van der Waals surface area contributed by atoms with Crippen LogP contribution in [-0.2, 0) is 6.54 Å². The van der Waals surface area contributed by atoms with Gasteiger partial charge in [0.2, 0.25) is 5.95 Å². The number of carbonyl (C=O) groups excluding carboxylic acids is 1. The molecule has 0 unspecified atom stereocenters. The smallest absolute Gasteiger partial charge is 0.258 e. The molecule has 4 aromatic rings. The Kier molecular flexibility index (Phi) is 4.92. The van der Waals surface area contributed by atoms with Crippen LogP contribution in [0.2, 0.25) is 0 Å². The normalized spacial score (nSPS) is 11.0. The molecule has 0 radical (unpaired) electrons. The highest BCUT2D eigenvalue weighted by atomic mass is 79.9. The van der Waals surface area contributed by atoms with Gasteiger partial charge in [0.1, 0.15) is 6.33 Å². The van der Waals surface area contributed by atoms with Crippen LogP contribution in [0.4, 0.5) is 5.95 Å². The van der Waals surface area contributed by atoms with Gasteiger partial charge in [0, 0.05) is 15.6 Å². The Balaban J connectivity index is 1.56. The number of anilines is 1. The maximum atomic E-state index is 12.9. The SMILES string of the molecule is Cc1ccc2nc(C)cc(C(=O)Nc3ncn(Cc4ccc(Br)cc4)n3)c2c1. The minimum absolute atomic E-state index is 0.248. The van der Waals surface area contributed by atoms with Crippen molar-refractivity contribution in [3.05, 3.63) is 81.7 Å². The number of amides is 1. The molecule has 1 amide bonds. The predicted octanol–water partition coefficient (Wildman–Crippen LogP) is 4.51. The van der Waals surface area contributed by atoms with Gasteiger partial charge < -0.3 is 0 Å². The van der Waals surface area contributed by atoms with Crippen molar-refractivity contribution in [2.24, 2.45) is 0 Å². The van der Waals surface area contributed by atoms with Crippen molar-refractivity contribution >= 4 is 38.7 Å². The molecule has 0 bridgehead atoms. The fourth-order valence-corrected chi connectivity index (χ4v) is 3.30. The number of aryl methyl sites for hydroxylation is 2. The molecular weight excluding hydrogens is 418 g/mol. The standard InChI is InChI=1S/C21H18BrN5O/c1-13-3-8-19-17(9-13)18(10-14(2)24-19)20(28)25-21-23-12-27(26-21)11-15-4-6-16(22)7-5-15/h3-10,12H,11H2,1-2H3,(H,25,26,28). The quantitative estimate of drug-likeness (QED) is 0.511. The van der Waals surface area contributed by atoms with Gasteiger partial charge in [-0.15, -0.1) is 5.10 Å². The lowest BCUT2D eigenvalue weighted by atomic mass is 10.0. The molecule has 0 spiro atoms. The molecule has 2 aromatic heterocycles. The third kappa shape index (κ3) is 3.94. The van der Waals surface area contributed by atoms with E-state index in [9.17, 15) is 4.79 Å². The van der Waals surface area contributed by atoms with Crippen molar-refractivity contribution in [2.75, 3.05) is 5.32 Å². The lowest BCUT2D eigenvalue weighted by molar-refractivity contribution is 0.102. The number of rotatable bonds is 4. The van der Waals surface area contributed by atoms with E-state index in [4.69, 9.17) is 0 Å². The van der Waals surface area contributed by atoms with Gasteiger partial charge in [-0.1, -0.05) is 39.7 Å². The summed E-state index contributed by atoms with van der Waals surface area (Å²) in [5.74, 6) is 0.0277. The monoisotopic (exact) mass is 435 g/mol. The topological polar surface area (TPSA) is 72.7 Å². The molecule has 0 saturated carbocycles. The molecule has 0 fully saturated rings. The fraction of sp³-hybridized carbons (Fsp3) is 0.143. The molecule has 2 aromatic carbocycles. The summed E-state index contributed by atoms with van der Waals surface area (Å²) in [7, 11) is 0. The summed E-state index contributed by atoms with van der Waals surface area (Å²) in [4.78, 5) is 21.6. The number of carbonyl (C=O) groups is 1. The van der Waals surface area contributed by atoms with Gasteiger partial charge in [0.15, 0.2) is 0 Å². The van der Waals surface area contributed by atoms with Gasteiger partial charge in [-0.05, 0) is 49.7 Å². The molecule has 140 valence electrons. The number of halogens is 1. The van der Waals surface area contributed by atoms with Gasteiger partial charge in [-0.25, -0.2) is 9.67 Å². The largest absolute Gasteiger partial charge is 0.289 e. The molecular formula is C21H18BrN5O. The van der Waals surface area contributed by atoms with Crippen molar-refractivity contribution in [1.29, 1.82) is 0 Å². The van der Waals surface area contributed by atoms with Crippen LogP contribution in [0.3, 0.4) is 0 Å². The highest BCUT2D eigenvalue weighted by Crippen LogP contribution is 2.21. The summed E-state index contributed by atoms with van der Waals surface area (Å²) >= 11 is 3.42. The van der Waals surface area contributed by atoms with Crippen LogP contribution in [0.15, 0.2) is 59.3 Å². The van der Waals surface area contributed by atoms with E-state index in [2.05, 4.69) is 36.3 Å². The third-order valence-corrected chi connectivity index (χ3v) is 4.89. The Morgan fingerprint density at radius 2 is 1.89 bits per heavy atom. The first-order chi connectivity index (χ1) is 13.5. The second-order valence-electron chi connectivity index (χ2n) is 6.68. The Morgan fingerprint density at radius 3 is 2.68 bits per heavy atom. The Hall–Kier alpha value is -3.06. The number of aromatic nitrogens is 4. The van der Waals surface area contributed by atoms with Crippen molar-refractivity contribution < 1.29 is 4.79 Å². The second kappa shape index (κ2) is 7.52. The van der Waals surface area contributed by atoms with E-state index < -0.39 is 0 Å². The summed E-state index contributed by atoms with van der Waals surface area (Å²) in [6, 6.07) is 15.7. The number of benzene rings is 2. The average molecular weight is 436 g/mol. The predicted molar refractivity (Wildman–Crippen MR) is 112 cm³/mol. The maximum absolute atomic E-state index is 12.9. The Bertz CT molecular complexity index is 1170. The first-order valence-electron chi connectivity index (χ1n) is 8.81. The maximum Gasteiger partial charge on any atom is 0.258 e. The number of hydrogen-bond acceptors (Lipinski definition) is 4. The van der Waals surface area contributed by atoms with E-state index in [1.54, 1.807) is 17.1 Å². The summed E-state index contributed by atoms with van der Waals surface area (Å²) in [5, 5.41) is 7.97. The van der Waals surface area contributed by atoms with Gasteiger partial charge in [0.05, 0.1) is 17.6 Å². The van der Waals surface area contributed by atoms with Crippen LogP contribution >= 0.6 is 15.9 Å². The molecule has 0 aliphatic rings. The molecule has 28 heavy (non-hydrogen) atoms. The van der Waals surface area contributed by atoms with Crippen LogP contribution in [0.5, 0.6) is 0 Å². The van der Waals surface area contributed by atoms with E-state index in [1.807, 2.05) is 56.3 Å². The number of pyridine rings is 1. The van der Waals surface area contributed by atoms with Crippen molar-refractivity contribution in [3.63, 3.8) is 0 Å². The Morgan fingerprint density at radius 1 is 1.11 bits per heavy atom. The van der Waals surface area contributed by atoms with Gasteiger partial charge >= 0.3 is 0 Å². The van der Waals surface area contributed by atoms with Gasteiger partial charge in [-0.2, -0.15) is 0 Å². The molecule has 0 aliphatic heterocycles. The molecule has 1 N–H and O–H groups in total. The van der Waals surface area contributed by atoms with Crippen molar-refractivity contribution in [1.82, 2.24) is 19.7 Å². The number of fused-ring (bicyclic) bond motifs is 1. The van der Waals surface area contributed by atoms with Crippen LogP contribution in [0.1, 0.15) is 27.2 Å². The molecule has 0 aliphatic carbocycles. The zero-order valence-corrected chi connectivity index (χ0v) is 17.1. The summed E-state index contributed by atoms with van der Waals surface area (Å²) in [6.45, 7) is 4.44. The number of hydrogen-bond donors (Lipinski definition) is 1. The number of nitrogens with one attached hydrogen (secondary N) is 1. The Labute approximate surface area is 170 Å². The number of nitrogens with zero attached hydrogens (tertiary/aromatic N) is 4. The summed E-state index contributed by atoms with van der Waals surface area (Å²) < 4.78 is 2.72. The second-order valence-corrected chi connectivity index (χ2v) is 7.59. The van der Waals surface area contributed by atoms with Crippen LogP contribution < -0.4 is 5.32 Å². The van der Waals surface area contributed by atoms with E-state index in [1.165, 1.54) is 0 Å². The summed E-state index contributed by atoms with van der Waals surface area (Å²) in [6.07, 6.45) is 1.61. The highest BCUT2D eigenvalue weighted by molar-refractivity contribution is 9.10. The highest BCUT2D eigenvalue weighted by Gasteiger charge is 2.14. The third-order valence-electron chi connectivity index (χ3n) is 4.36. The van der Waals surface area contributed by atoms with E-state index in [0.29, 0.717) is 12.1 Å². The lowest BCUT2D eigenvalue weighted by Crippen LogP contribution is -2.14. The lowest BCUT2D eigenvalue weighted by Gasteiger charge is -2.08. The molecule has 6 nitrogen and oxygen atoms in total. The van der Waals surface area contributed by atoms with Gasteiger partial charge in [-0.3, -0.25) is 15.1 Å². The van der Waals surface area contributed by atoms with Crippen LogP contribution in [0.25, 0.3) is 10.9 Å².